The third-order valence-electron chi connectivity index (χ3n) is 3.47. The van der Waals surface area contributed by atoms with E-state index in [0.717, 1.165) is 32.4 Å². The molecule has 18 heavy (non-hydrogen) atoms. The maximum atomic E-state index is 11.7. The summed E-state index contributed by atoms with van der Waals surface area (Å²) in [5, 5.41) is 3.39. The summed E-state index contributed by atoms with van der Waals surface area (Å²) in [4.78, 5) is 0. The van der Waals surface area contributed by atoms with E-state index in [-0.39, 0.29) is 5.75 Å². The maximum absolute atomic E-state index is 11.7. The average Bonchev–Trinajstić information content (AvgIpc) is 3.00. The summed E-state index contributed by atoms with van der Waals surface area (Å²) in [7, 11) is -3.09. The minimum Gasteiger partial charge on any atom is -0.381 e. The van der Waals surface area contributed by atoms with Gasteiger partial charge >= 0.3 is 0 Å². The summed E-state index contributed by atoms with van der Waals surface area (Å²) in [5.74, 6) is 0.601. The first-order valence-corrected chi connectivity index (χ1v) is 8.59. The Balaban J connectivity index is 1.51. The third-order valence-corrected chi connectivity index (χ3v) is 4.90. The Kier molecular flexibility index (Phi) is 5.41. The Morgan fingerprint density at radius 3 is 2.67 bits per heavy atom. The van der Waals surface area contributed by atoms with Gasteiger partial charge in [-0.1, -0.05) is 0 Å². The lowest BCUT2D eigenvalue weighted by molar-refractivity contribution is 0.186. The van der Waals surface area contributed by atoms with E-state index in [0.29, 0.717) is 25.1 Å². The number of unbranched alkanes of at least 4 members (excludes halogenated alkanes) is 1. The van der Waals surface area contributed by atoms with Crippen molar-refractivity contribution in [1.29, 1.82) is 0 Å². The molecule has 1 aliphatic carbocycles. The molecule has 2 aliphatic rings. The molecule has 1 aliphatic heterocycles. The molecule has 0 bridgehead atoms. The average molecular weight is 276 g/mol. The van der Waals surface area contributed by atoms with Crippen LogP contribution in [0.15, 0.2) is 0 Å². The van der Waals surface area contributed by atoms with Crippen molar-refractivity contribution in [3.8, 4) is 0 Å². The van der Waals surface area contributed by atoms with Gasteiger partial charge in [0, 0.05) is 19.2 Å². The minimum absolute atomic E-state index is 0.243. The molecule has 0 radical (unpaired) electrons. The van der Waals surface area contributed by atoms with Crippen LogP contribution in [0.2, 0.25) is 0 Å². The van der Waals surface area contributed by atoms with Crippen LogP contribution in [0.4, 0.5) is 0 Å². The van der Waals surface area contributed by atoms with Crippen molar-refractivity contribution in [2.45, 2.75) is 38.1 Å². The van der Waals surface area contributed by atoms with Crippen LogP contribution in [0, 0.1) is 5.92 Å². The van der Waals surface area contributed by atoms with E-state index in [9.17, 15) is 8.42 Å². The molecular formula is C12H24N2O3S. The van der Waals surface area contributed by atoms with Crippen molar-refractivity contribution in [3.63, 3.8) is 0 Å². The quantitative estimate of drug-likeness (QED) is 0.601. The molecular weight excluding hydrogens is 252 g/mol. The number of ether oxygens (including phenoxy) is 1. The van der Waals surface area contributed by atoms with E-state index in [1.807, 2.05) is 0 Å². The van der Waals surface area contributed by atoms with Gasteiger partial charge in [0.05, 0.1) is 12.4 Å². The number of nitrogens with one attached hydrogen (secondary N) is 2. The third kappa shape index (κ3) is 5.65. The predicted octanol–water partition coefficient (Wildman–Crippen LogP) is 0.475. The molecule has 1 unspecified atom stereocenters. The van der Waals surface area contributed by atoms with Crippen LogP contribution >= 0.6 is 0 Å². The molecule has 0 spiro atoms. The molecule has 2 rings (SSSR count). The van der Waals surface area contributed by atoms with Gasteiger partial charge in [0.15, 0.2) is 0 Å². The monoisotopic (exact) mass is 276 g/mol. The first kappa shape index (κ1) is 14.2. The van der Waals surface area contributed by atoms with Crippen LogP contribution in [0.5, 0.6) is 0 Å². The van der Waals surface area contributed by atoms with Crippen LogP contribution in [0.3, 0.4) is 0 Å². The molecule has 2 fully saturated rings. The van der Waals surface area contributed by atoms with Gasteiger partial charge in [-0.2, -0.15) is 0 Å². The molecule has 6 heteroatoms. The van der Waals surface area contributed by atoms with Crippen molar-refractivity contribution in [1.82, 2.24) is 10.0 Å². The summed E-state index contributed by atoms with van der Waals surface area (Å²) in [6.45, 7) is 2.92. The maximum Gasteiger partial charge on any atom is 0.211 e. The molecule has 0 aromatic heterocycles. The van der Waals surface area contributed by atoms with Gasteiger partial charge in [-0.15, -0.1) is 0 Å². The SMILES string of the molecule is O=S(=O)(CCCCNC1CC1)NCC1CCOC1. The lowest BCUT2D eigenvalue weighted by Crippen LogP contribution is -2.31. The smallest absolute Gasteiger partial charge is 0.211 e. The Morgan fingerprint density at radius 2 is 2.00 bits per heavy atom. The van der Waals surface area contributed by atoms with Crippen LogP contribution < -0.4 is 10.0 Å². The molecule has 106 valence electrons. The topological polar surface area (TPSA) is 67.4 Å². The molecule has 5 nitrogen and oxygen atoms in total. The van der Waals surface area contributed by atoms with Crippen molar-refractivity contribution in [2.75, 3.05) is 32.1 Å². The molecule has 0 amide bonds. The second-order valence-electron chi connectivity index (χ2n) is 5.33. The summed E-state index contributed by atoms with van der Waals surface area (Å²) in [6, 6.07) is 0.710. The van der Waals surface area contributed by atoms with Gasteiger partial charge in [0.1, 0.15) is 0 Å². The standard InChI is InChI=1S/C12H24N2O3S/c15-18(16,14-9-11-5-7-17-10-11)8-2-1-6-13-12-3-4-12/h11-14H,1-10H2. The first-order valence-electron chi connectivity index (χ1n) is 6.94. The highest BCUT2D eigenvalue weighted by Crippen LogP contribution is 2.18. The highest BCUT2D eigenvalue weighted by Gasteiger charge is 2.20. The Hall–Kier alpha value is -0.170. The zero-order valence-electron chi connectivity index (χ0n) is 10.9. The molecule has 0 aromatic carbocycles. The summed E-state index contributed by atoms with van der Waals surface area (Å²) < 4.78 is 31.4. The van der Waals surface area contributed by atoms with E-state index >= 15 is 0 Å². The van der Waals surface area contributed by atoms with Crippen LogP contribution in [0.25, 0.3) is 0 Å². The molecule has 1 atom stereocenters. The Labute approximate surface area is 110 Å². The number of sulfonamides is 1. The number of hydrogen-bond donors (Lipinski definition) is 2. The van der Waals surface area contributed by atoms with Gasteiger partial charge < -0.3 is 10.1 Å². The molecule has 1 heterocycles. The van der Waals surface area contributed by atoms with Crippen LogP contribution in [-0.4, -0.2) is 46.5 Å². The Morgan fingerprint density at radius 1 is 1.17 bits per heavy atom. The molecule has 0 aromatic rings. The molecule has 1 saturated heterocycles. The number of rotatable bonds is 9. The van der Waals surface area contributed by atoms with Gasteiger partial charge in [-0.05, 0) is 44.6 Å². The zero-order valence-corrected chi connectivity index (χ0v) is 11.7. The van der Waals surface area contributed by atoms with E-state index in [4.69, 9.17) is 4.74 Å². The van der Waals surface area contributed by atoms with Crippen molar-refractivity contribution >= 4 is 10.0 Å². The molecule has 1 saturated carbocycles. The predicted molar refractivity (Wildman–Crippen MR) is 71.0 cm³/mol. The van der Waals surface area contributed by atoms with Crippen LogP contribution in [0.1, 0.15) is 32.1 Å². The normalized spacial score (nSPS) is 24.6. The number of hydrogen-bond acceptors (Lipinski definition) is 4. The van der Waals surface area contributed by atoms with Crippen LogP contribution in [-0.2, 0) is 14.8 Å². The summed E-state index contributed by atoms with van der Waals surface area (Å²) >= 11 is 0. The van der Waals surface area contributed by atoms with Crippen molar-refractivity contribution in [2.24, 2.45) is 5.92 Å². The second-order valence-corrected chi connectivity index (χ2v) is 7.26. The van der Waals surface area contributed by atoms with E-state index < -0.39 is 10.0 Å². The van der Waals surface area contributed by atoms with Gasteiger partial charge in [-0.3, -0.25) is 0 Å². The summed E-state index contributed by atoms with van der Waals surface area (Å²) in [5.41, 5.74) is 0. The van der Waals surface area contributed by atoms with E-state index in [1.54, 1.807) is 0 Å². The minimum atomic E-state index is -3.09. The van der Waals surface area contributed by atoms with Gasteiger partial charge in [0.25, 0.3) is 0 Å². The fourth-order valence-corrected chi connectivity index (χ4v) is 3.29. The van der Waals surface area contributed by atoms with E-state index in [1.165, 1.54) is 12.8 Å². The fraction of sp³-hybridized carbons (Fsp3) is 1.00. The first-order chi connectivity index (χ1) is 8.66. The molecule has 2 N–H and O–H groups in total. The summed E-state index contributed by atoms with van der Waals surface area (Å²) in [6.07, 6.45) is 5.20. The van der Waals surface area contributed by atoms with Crippen molar-refractivity contribution < 1.29 is 13.2 Å². The highest BCUT2D eigenvalue weighted by atomic mass is 32.2. The van der Waals surface area contributed by atoms with Crippen molar-refractivity contribution in [3.05, 3.63) is 0 Å². The second kappa shape index (κ2) is 6.84. The largest absolute Gasteiger partial charge is 0.381 e. The zero-order chi connectivity index (χ0) is 12.8. The van der Waals surface area contributed by atoms with Gasteiger partial charge in [0.2, 0.25) is 10.0 Å². The van der Waals surface area contributed by atoms with E-state index in [2.05, 4.69) is 10.0 Å². The van der Waals surface area contributed by atoms with Gasteiger partial charge in [-0.25, -0.2) is 13.1 Å². The lowest BCUT2D eigenvalue weighted by Gasteiger charge is -2.10. The highest BCUT2D eigenvalue weighted by molar-refractivity contribution is 7.89. The lowest BCUT2D eigenvalue weighted by atomic mass is 10.1. The fourth-order valence-electron chi connectivity index (χ4n) is 2.07. The Bertz CT molecular complexity index is 335.